The predicted octanol–water partition coefficient (Wildman–Crippen LogP) is 5.17. The molecule has 0 bridgehead atoms. The maximum Gasteiger partial charge on any atom is 0.338 e. The molecule has 2 aromatic rings. The molecule has 1 N–H and O–H groups in total. The Kier molecular flexibility index (Phi) is 7.07. The maximum atomic E-state index is 13.0. The summed E-state index contributed by atoms with van der Waals surface area (Å²) in [5, 5.41) is 5.61. The van der Waals surface area contributed by atoms with Crippen LogP contribution in [0.1, 0.15) is 36.9 Å². The molecule has 2 aliphatic heterocycles. The number of carbonyl (C=O) groups is 2. The van der Waals surface area contributed by atoms with E-state index < -0.39 is 12.0 Å². The van der Waals surface area contributed by atoms with Gasteiger partial charge in [-0.15, -0.1) is 0 Å². The molecule has 1 amide bonds. The number of allylic oxidation sites excluding steroid dienone is 1. The zero-order valence-electron chi connectivity index (χ0n) is 19.6. The van der Waals surface area contributed by atoms with E-state index in [1.165, 1.54) is 18.9 Å². The minimum Gasteiger partial charge on any atom is -0.497 e. The number of fused-ring (bicyclic) bond motifs is 1. The van der Waals surface area contributed by atoms with Crippen LogP contribution in [0.2, 0.25) is 0 Å². The van der Waals surface area contributed by atoms with Gasteiger partial charge in [0, 0.05) is 17.5 Å². The van der Waals surface area contributed by atoms with Crippen molar-refractivity contribution < 1.29 is 19.1 Å². The van der Waals surface area contributed by atoms with Crippen LogP contribution in [0, 0.1) is 6.92 Å². The molecule has 2 heterocycles. The number of nitrogens with one attached hydrogen (secondary N) is 1. The number of amides is 1. The third-order valence-electron chi connectivity index (χ3n) is 5.68. The molecule has 8 heteroatoms. The normalized spacial score (nSPS) is 17.1. The lowest BCUT2D eigenvalue weighted by atomic mass is 9.92. The SMILES string of the molecule is CCC1=C(C(=O)OC)[C@@H](c2cccc(C)c2)N2C(CC(=O)Nc3cccc(OC)c3)=CSC2=N1. The number of methoxy groups -OCH3 is 2. The third-order valence-corrected chi connectivity index (χ3v) is 6.57. The Balaban J connectivity index is 1.67. The zero-order chi connectivity index (χ0) is 24.2. The number of nitrogens with zero attached hydrogens (tertiary/aromatic N) is 2. The Morgan fingerprint density at radius 2 is 1.94 bits per heavy atom. The number of esters is 1. The minimum absolute atomic E-state index is 0.126. The van der Waals surface area contributed by atoms with Crippen molar-refractivity contribution in [1.82, 2.24) is 4.90 Å². The number of aliphatic imine (C=N–C) groups is 1. The third kappa shape index (κ3) is 4.72. The molecular formula is C26H27N3O4S. The van der Waals surface area contributed by atoms with Crippen LogP contribution in [0.25, 0.3) is 0 Å². The lowest BCUT2D eigenvalue weighted by molar-refractivity contribution is -0.136. The summed E-state index contributed by atoms with van der Waals surface area (Å²) in [6, 6.07) is 14.8. The largest absolute Gasteiger partial charge is 0.497 e. The van der Waals surface area contributed by atoms with Crippen molar-refractivity contribution in [3.05, 3.63) is 82.0 Å². The standard InChI is InChI=1S/C26H27N3O4S/c1-5-21-23(25(31)33-4)24(17-9-6-8-16(2)12-17)29-19(15-34-26(29)28-21)14-22(30)27-18-10-7-11-20(13-18)32-3/h6-13,15,24H,5,14H2,1-4H3,(H,27,30)/t24-/m1/s1. The lowest BCUT2D eigenvalue weighted by Gasteiger charge is -2.36. The van der Waals surface area contributed by atoms with E-state index in [1.807, 2.05) is 60.6 Å². The second kappa shape index (κ2) is 10.2. The molecule has 34 heavy (non-hydrogen) atoms. The summed E-state index contributed by atoms with van der Waals surface area (Å²) in [7, 11) is 2.97. The van der Waals surface area contributed by atoms with Gasteiger partial charge in [0.25, 0.3) is 0 Å². The molecule has 2 aromatic carbocycles. The zero-order valence-corrected chi connectivity index (χ0v) is 20.4. The fourth-order valence-corrected chi connectivity index (χ4v) is 5.08. The molecule has 2 aliphatic rings. The lowest BCUT2D eigenvalue weighted by Crippen LogP contribution is -2.37. The van der Waals surface area contributed by atoms with Gasteiger partial charge in [-0.25, -0.2) is 9.79 Å². The van der Waals surface area contributed by atoms with Gasteiger partial charge in [0.2, 0.25) is 5.91 Å². The van der Waals surface area contributed by atoms with Crippen molar-refractivity contribution >= 4 is 34.5 Å². The van der Waals surface area contributed by atoms with Gasteiger partial charge in [-0.05, 0) is 36.4 Å². The van der Waals surface area contributed by atoms with Crippen molar-refractivity contribution in [1.29, 1.82) is 0 Å². The van der Waals surface area contributed by atoms with Crippen molar-refractivity contribution in [2.75, 3.05) is 19.5 Å². The average molecular weight is 478 g/mol. The average Bonchev–Trinajstić information content (AvgIpc) is 3.24. The van der Waals surface area contributed by atoms with E-state index in [4.69, 9.17) is 14.5 Å². The molecule has 1 atom stereocenters. The smallest absolute Gasteiger partial charge is 0.338 e. The molecule has 0 aliphatic carbocycles. The van der Waals surface area contributed by atoms with Gasteiger partial charge in [-0.3, -0.25) is 4.79 Å². The summed E-state index contributed by atoms with van der Waals surface area (Å²) in [5.41, 5.74) is 4.65. The van der Waals surface area contributed by atoms with Crippen LogP contribution in [0.3, 0.4) is 0 Å². The van der Waals surface area contributed by atoms with E-state index in [2.05, 4.69) is 11.4 Å². The number of aryl methyl sites for hydroxylation is 1. The summed E-state index contributed by atoms with van der Waals surface area (Å²) >= 11 is 1.46. The summed E-state index contributed by atoms with van der Waals surface area (Å²) in [5.74, 6) is 0.0795. The highest BCUT2D eigenvalue weighted by molar-refractivity contribution is 8.16. The van der Waals surface area contributed by atoms with E-state index in [0.717, 1.165) is 22.0 Å². The monoisotopic (exact) mass is 477 g/mol. The number of ether oxygens (including phenoxy) is 2. The molecule has 176 valence electrons. The second-order valence-electron chi connectivity index (χ2n) is 7.97. The highest BCUT2D eigenvalue weighted by Crippen LogP contribution is 2.45. The Morgan fingerprint density at radius 3 is 2.65 bits per heavy atom. The highest BCUT2D eigenvalue weighted by atomic mass is 32.2. The molecule has 0 fully saturated rings. The van der Waals surface area contributed by atoms with Crippen molar-refractivity contribution in [3.63, 3.8) is 0 Å². The quantitative estimate of drug-likeness (QED) is 0.554. The molecule has 0 saturated heterocycles. The van der Waals surface area contributed by atoms with Crippen LogP contribution >= 0.6 is 11.8 Å². The number of benzene rings is 2. The number of thioether (sulfide) groups is 1. The summed E-state index contributed by atoms with van der Waals surface area (Å²) < 4.78 is 10.4. The van der Waals surface area contributed by atoms with Crippen molar-refractivity contribution in [2.45, 2.75) is 32.7 Å². The number of rotatable bonds is 7. The molecule has 0 unspecified atom stereocenters. The first-order chi connectivity index (χ1) is 16.4. The molecular weight excluding hydrogens is 450 g/mol. The number of amidine groups is 1. The highest BCUT2D eigenvalue weighted by Gasteiger charge is 2.41. The first-order valence-electron chi connectivity index (χ1n) is 11.0. The van der Waals surface area contributed by atoms with Crippen LogP contribution in [0.15, 0.2) is 75.9 Å². The molecule has 0 radical (unpaired) electrons. The number of hydrogen-bond acceptors (Lipinski definition) is 7. The van der Waals surface area contributed by atoms with Gasteiger partial charge in [0.1, 0.15) is 5.75 Å². The van der Waals surface area contributed by atoms with Crippen LogP contribution in [0.5, 0.6) is 5.75 Å². The Morgan fingerprint density at radius 1 is 1.15 bits per heavy atom. The fourth-order valence-electron chi connectivity index (χ4n) is 4.14. The van der Waals surface area contributed by atoms with E-state index >= 15 is 0 Å². The van der Waals surface area contributed by atoms with Gasteiger partial charge < -0.3 is 19.7 Å². The van der Waals surface area contributed by atoms with Crippen LogP contribution in [-0.2, 0) is 14.3 Å². The fraction of sp³-hybridized carbons (Fsp3) is 0.269. The van der Waals surface area contributed by atoms with E-state index in [-0.39, 0.29) is 12.3 Å². The molecule has 0 aromatic heterocycles. The van der Waals surface area contributed by atoms with E-state index in [0.29, 0.717) is 29.1 Å². The summed E-state index contributed by atoms with van der Waals surface area (Å²) in [4.78, 5) is 32.6. The topological polar surface area (TPSA) is 80.2 Å². The Hall–Kier alpha value is -3.52. The van der Waals surface area contributed by atoms with Crippen molar-refractivity contribution in [2.24, 2.45) is 4.99 Å². The number of hydrogen-bond donors (Lipinski definition) is 1. The number of anilines is 1. The summed E-state index contributed by atoms with van der Waals surface area (Å²) in [6.45, 7) is 3.99. The number of carbonyl (C=O) groups excluding carboxylic acids is 2. The molecule has 4 rings (SSSR count). The van der Waals surface area contributed by atoms with Crippen LogP contribution in [0.4, 0.5) is 5.69 Å². The molecule has 0 saturated carbocycles. The van der Waals surface area contributed by atoms with Gasteiger partial charge in [-0.1, -0.05) is 54.6 Å². The van der Waals surface area contributed by atoms with Crippen LogP contribution in [-0.4, -0.2) is 36.2 Å². The summed E-state index contributed by atoms with van der Waals surface area (Å²) in [6.07, 6.45) is 0.720. The second-order valence-corrected chi connectivity index (χ2v) is 8.81. The molecule has 7 nitrogen and oxygen atoms in total. The molecule has 0 spiro atoms. The maximum absolute atomic E-state index is 13.0. The predicted molar refractivity (Wildman–Crippen MR) is 134 cm³/mol. The van der Waals surface area contributed by atoms with Gasteiger partial charge in [0.05, 0.1) is 38.0 Å². The van der Waals surface area contributed by atoms with Crippen molar-refractivity contribution in [3.8, 4) is 5.75 Å². The van der Waals surface area contributed by atoms with Gasteiger partial charge >= 0.3 is 5.97 Å². The minimum atomic E-state index is -0.430. The first-order valence-corrected chi connectivity index (χ1v) is 11.9. The van der Waals surface area contributed by atoms with E-state index in [1.54, 1.807) is 13.2 Å². The first kappa shape index (κ1) is 23.6. The Labute approximate surface area is 203 Å². The Bertz CT molecular complexity index is 1220. The van der Waals surface area contributed by atoms with Crippen LogP contribution < -0.4 is 10.1 Å². The van der Waals surface area contributed by atoms with Gasteiger partial charge in [-0.2, -0.15) is 0 Å². The van der Waals surface area contributed by atoms with Gasteiger partial charge in [0.15, 0.2) is 5.17 Å². The van der Waals surface area contributed by atoms with E-state index in [9.17, 15) is 9.59 Å².